The minimum absolute atomic E-state index is 0.102. The second-order valence-corrected chi connectivity index (χ2v) is 5.39. The van der Waals surface area contributed by atoms with E-state index in [0.717, 1.165) is 12.8 Å². The number of ether oxygens (including phenoxy) is 1. The second-order valence-electron chi connectivity index (χ2n) is 5.39. The zero-order valence-corrected chi connectivity index (χ0v) is 11.0. The van der Waals surface area contributed by atoms with Crippen molar-refractivity contribution < 1.29 is 4.74 Å². The van der Waals surface area contributed by atoms with E-state index in [9.17, 15) is 0 Å². The van der Waals surface area contributed by atoms with E-state index >= 15 is 0 Å². The number of hydrogen-bond acceptors (Lipinski definition) is 3. The normalized spacial score (nSPS) is 37.6. The first kappa shape index (κ1) is 12.9. The minimum atomic E-state index is 0.102. The van der Waals surface area contributed by atoms with E-state index in [1.54, 1.807) is 0 Å². The van der Waals surface area contributed by atoms with E-state index in [0.29, 0.717) is 18.2 Å². The highest BCUT2D eigenvalue weighted by atomic mass is 16.5. The molecule has 90 valence electrons. The Bertz CT molecular complexity index is 188. The summed E-state index contributed by atoms with van der Waals surface area (Å²) in [6.45, 7) is 8.73. The highest BCUT2D eigenvalue weighted by molar-refractivity contribution is 4.93. The van der Waals surface area contributed by atoms with Crippen molar-refractivity contribution in [2.24, 2.45) is 0 Å². The first-order valence-electron chi connectivity index (χ1n) is 5.96. The summed E-state index contributed by atoms with van der Waals surface area (Å²) in [6, 6.07) is 0.505. The lowest BCUT2D eigenvalue weighted by atomic mass is 9.90. The number of rotatable bonds is 3. The third-order valence-corrected chi connectivity index (χ3v) is 3.13. The topological polar surface area (TPSA) is 24.5 Å². The van der Waals surface area contributed by atoms with Crippen molar-refractivity contribution in [1.29, 1.82) is 0 Å². The summed E-state index contributed by atoms with van der Waals surface area (Å²) in [4.78, 5) is 2.31. The fraction of sp³-hybridized carbons (Fsp3) is 1.00. The molecule has 0 spiro atoms. The Kier molecular flexibility index (Phi) is 4.15. The van der Waals surface area contributed by atoms with Gasteiger partial charge in [-0.25, -0.2) is 0 Å². The zero-order chi connectivity index (χ0) is 11.6. The van der Waals surface area contributed by atoms with Crippen LogP contribution in [0.3, 0.4) is 0 Å². The molecule has 3 atom stereocenters. The molecule has 1 heterocycles. The molecule has 1 saturated heterocycles. The summed E-state index contributed by atoms with van der Waals surface area (Å²) in [5, 5.41) is 3.70. The van der Waals surface area contributed by atoms with Crippen LogP contribution in [0.5, 0.6) is 0 Å². The van der Waals surface area contributed by atoms with Gasteiger partial charge in [-0.3, -0.25) is 10.2 Å². The maximum Gasteiger partial charge on any atom is 0.0759 e. The Hall–Kier alpha value is -0.120. The standard InChI is InChI=1S/C12H26N2O/c1-9(2)13-12(14(5)6)7-10(3)15-11(4)8-12/h9-11,13H,7-8H2,1-6H3/t10-,11+,12+. The largest absolute Gasteiger partial charge is 0.375 e. The van der Waals surface area contributed by atoms with Crippen molar-refractivity contribution in [2.75, 3.05) is 14.1 Å². The van der Waals surface area contributed by atoms with Gasteiger partial charge in [-0.1, -0.05) is 0 Å². The van der Waals surface area contributed by atoms with Crippen molar-refractivity contribution in [1.82, 2.24) is 10.2 Å². The van der Waals surface area contributed by atoms with Gasteiger partial charge >= 0.3 is 0 Å². The Labute approximate surface area is 94.2 Å². The lowest BCUT2D eigenvalue weighted by Gasteiger charge is -2.48. The highest BCUT2D eigenvalue weighted by Gasteiger charge is 2.40. The molecular formula is C12H26N2O. The van der Waals surface area contributed by atoms with E-state index in [1.165, 1.54) is 0 Å². The molecule has 0 aromatic carbocycles. The molecule has 0 radical (unpaired) electrons. The van der Waals surface area contributed by atoms with Gasteiger partial charge in [-0.15, -0.1) is 0 Å². The minimum Gasteiger partial charge on any atom is -0.375 e. The average molecular weight is 214 g/mol. The van der Waals surface area contributed by atoms with Crippen molar-refractivity contribution in [3.63, 3.8) is 0 Å². The van der Waals surface area contributed by atoms with Gasteiger partial charge in [0.15, 0.2) is 0 Å². The lowest BCUT2D eigenvalue weighted by molar-refractivity contribution is -0.109. The summed E-state index contributed by atoms with van der Waals surface area (Å²) in [6.07, 6.45) is 2.79. The van der Waals surface area contributed by atoms with E-state index in [2.05, 4.69) is 52.0 Å². The quantitative estimate of drug-likeness (QED) is 0.725. The van der Waals surface area contributed by atoms with Gasteiger partial charge in [0.1, 0.15) is 0 Å². The van der Waals surface area contributed by atoms with Crippen molar-refractivity contribution in [3.05, 3.63) is 0 Å². The second kappa shape index (κ2) is 4.81. The molecule has 1 rings (SSSR count). The monoisotopic (exact) mass is 214 g/mol. The van der Waals surface area contributed by atoms with Gasteiger partial charge in [-0.05, 0) is 41.8 Å². The Morgan fingerprint density at radius 1 is 1.20 bits per heavy atom. The number of hydrogen-bond donors (Lipinski definition) is 1. The Morgan fingerprint density at radius 3 is 2.00 bits per heavy atom. The molecule has 0 amide bonds. The van der Waals surface area contributed by atoms with E-state index in [4.69, 9.17) is 4.74 Å². The van der Waals surface area contributed by atoms with E-state index in [-0.39, 0.29) is 5.66 Å². The summed E-state index contributed by atoms with van der Waals surface area (Å²) in [5.74, 6) is 0. The molecule has 15 heavy (non-hydrogen) atoms. The van der Waals surface area contributed by atoms with E-state index < -0.39 is 0 Å². The third-order valence-electron chi connectivity index (χ3n) is 3.13. The van der Waals surface area contributed by atoms with Crippen LogP contribution in [0.25, 0.3) is 0 Å². The number of nitrogens with one attached hydrogen (secondary N) is 1. The molecule has 3 heteroatoms. The lowest BCUT2D eigenvalue weighted by Crippen LogP contribution is -2.63. The van der Waals surface area contributed by atoms with Crippen LogP contribution in [0.2, 0.25) is 0 Å². The molecule has 0 bridgehead atoms. The predicted octanol–water partition coefficient (Wildman–Crippen LogP) is 1.83. The van der Waals surface area contributed by atoms with Crippen LogP contribution in [0, 0.1) is 0 Å². The van der Waals surface area contributed by atoms with Gasteiger partial charge in [0.2, 0.25) is 0 Å². The highest BCUT2D eigenvalue weighted by Crippen LogP contribution is 2.30. The summed E-state index contributed by atoms with van der Waals surface area (Å²) in [5.41, 5.74) is 0.102. The molecular weight excluding hydrogens is 188 g/mol. The summed E-state index contributed by atoms with van der Waals surface area (Å²) >= 11 is 0. The SMILES string of the molecule is CC(C)N[C@]1(N(C)C)C[C@@H](C)O[C@@H](C)C1. The summed E-state index contributed by atoms with van der Waals surface area (Å²) in [7, 11) is 4.31. The van der Waals surface area contributed by atoms with Crippen molar-refractivity contribution in [2.45, 2.75) is 64.4 Å². The Balaban J connectivity index is 2.79. The molecule has 1 N–H and O–H groups in total. The molecule has 3 nitrogen and oxygen atoms in total. The van der Waals surface area contributed by atoms with Gasteiger partial charge in [-0.2, -0.15) is 0 Å². The molecule has 0 saturated carbocycles. The Morgan fingerprint density at radius 2 is 1.67 bits per heavy atom. The van der Waals surface area contributed by atoms with Crippen LogP contribution in [0.4, 0.5) is 0 Å². The molecule has 0 aromatic rings. The van der Waals surface area contributed by atoms with E-state index in [1.807, 2.05) is 0 Å². The molecule has 1 aliphatic heterocycles. The van der Waals surface area contributed by atoms with Crippen LogP contribution in [0.1, 0.15) is 40.5 Å². The first-order valence-corrected chi connectivity index (χ1v) is 5.96. The summed E-state index contributed by atoms with van der Waals surface area (Å²) < 4.78 is 5.81. The fourth-order valence-corrected chi connectivity index (χ4v) is 2.68. The van der Waals surface area contributed by atoms with Crippen molar-refractivity contribution in [3.8, 4) is 0 Å². The zero-order valence-electron chi connectivity index (χ0n) is 11.0. The van der Waals surface area contributed by atoms with Crippen LogP contribution in [-0.2, 0) is 4.74 Å². The predicted molar refractivity (Wildman–Crippen MR) is 63.9 cm³/mol. The molecule has 0 aliphatic carbocycles. The van der Waals surface area contributed by atoms with Gasteiger partial charge in [0, 0.05) is 18.9 Å². The third kappa shape index (κ3) is 3.16. The van der Waals surface area contributed by atoms with Crippen LogP contribution < -0.4 is 5.32 Å². The van der Waals surface area contributed by atoms with Gasteiger partial charge in [0.25, 0.3) is 0 Å². The number of nitrogens with zero attached hydrogens (tertiary/aromatic N) is 1. The van der Waals surface area contributed by atoms with Crippen molar-refractivity contribution >= 4 is 0 Å². The fourth-order valence-electron chi connectivity index (χ4n) is 2.68. The van der Waals surface area contributed by atoms with Crippen LogP contribution in [-0.4, -0.2) is 42.9 Å². The molecule has 0 aromatic heterocycles. The maximum atomic E-state index is 5.81. The van der Waals surface area contributed by atoms with Gasteiger partial charge in [0.05, 0.1) is 17.9 Å². The smallest absolute Gasteiger partial charge is 0.0759 e. The van der Waals surface area contributed by atoms with Gasteiger partial charge < -0.3 is 4.74 Å². The molecule has 1 aliphatic rings. The van der Waals surface area contributed by atoms with Crippen LogP contribution >= 0.6 is 0 Å². The first-order chi connectivity index (χ1) is 6.85. The average Bonchev–Trinajstić information content (AvgIpc) is 1.99. The van der Waals surface area contributed by atoms with Crippen LogP contribution in [0.15, 0.2) is 0 Å². The molecule has 1 fully saturated rings. The maximum absolute atomic E-state index is 5.81. The molecule has 0 unspecified atom stereocenters.